The molecule has 1 saturated heterocycles. The van der Waals surface area contributed by atoms with E-state index >= 15 is 0 Å². The number of guanidine groups is 1. The Labute approximate surface area is 171 Å². The zero-order valence-electron chi connectivity index (χ0n) is 15.8. The van der Waals surface area contributed by atoms with Gasteiger partial charge in [0.15, 0.2) is 5.96 Å². The van der Waals surface area contributed by atoms with Crippen molar-refractivity contribution in [1.82, 2.24) is 24.9 Å². The molecular weight excluding hydrogens is 451 g/mol. The van der Waals surface area contributed by atoms with Crippen LogP contribution in [0.5, 0.6) is 0 Å². The van der Waals surface area contributed by atoms with Gasteiger partial charge in [-0.25, -0.2) is 4.99 Å². The van der Waals surface area contributed by atoms with Crippen LogP contribution in [0.2, 0.25) is 0 Å². The molecule has 1 atom stereocenters. The second-order valence-corrected chi connectivity index (χ2v) is 6.10. The molecule has 1 aromatic heterocycles. The Kier molecular flexibility index (Phi) is 9.88. The van der Waals surface area contributed by atoms with Crippen LogP contribution in [0.1, 0.15) is 11.7 Å². The molecule has 0 radical (unpaired) electrons. The molecule has 1 N–H and O–H groups in total. The fourth-order valence-electron chi connectivity index (χ4n) is 2.47. The molecule has 1 aliphatic rings. The van der Waals surface area contributed by atoms with E-state index in [1.807, 2.05) is 19.4 Å². The minimum absolute atomic E-state index is 0. The summed E-state index contributed by atoms with van der Waals surface area (Å²) in [4.78, 5) is 20.0. The average Bonchev–Trinajstić information content (AvgIpc) is 3.04. The number of rotatable bonds is 6. The molecule has 0 aromatic carbocycles. The number of methoxy groups -OCH3 is 1. The first kappa shape index (κ1) is 22.6. The van der Waals surface area contributed by atoms with Crippen LogP contribution in [0.4, 0.5) is 0 Å². The zero-order chi connectivity index (χ0) is 18.2. The Morgan fingerprint density at radius 3 is 2.92 bits per heavy atom. The van der Waals surface area contributed by atoms with E-state index in [1.54, 1.807) is 25.9 Å². The smallest absolute Gasteiger partial charge is 0.243 e. The van der Waals surface area contributed by atoms with Crippen LogP contribution in [-0.2, 0) is 21.3 Å². The maximum absolute atomic E-state index is 11.9. The number of hydrogen-bond acceptors (Lipinski definition) is 5. The number of morpholine rings is 1. The van der Waals surface area contributed by atoms with Crippen LogP contribution in [0, 0.1) is 0 Å². The minimum atomic E-state index is -0.0681. The number of carbonyl (C=O) groups excluding carboxylic acids is 1. The molecule has 10 heteroatoms. The number of halogens is 1. The van der Waals surface area contributed by atoms with E-state index in [-0.39, 0.29) is 42.5 Å². The fourth-order valence-corrected chi connectivity index (χ4v) is 2.47. The number of hydrogen-bond donors (Lipinski definition) is 1. The van der Waals surface area contributed by atoms with Gasteiger partial charge in [0.2, 0.25) is 5.91 Å². The maximum atomic E-state index is 11.9. The maximum Gasteiger partial charge on any atom is 0.243 e. The third kappa shape index (κ3) is 6.72. The fraction of sp³-hybridized carbons (Fsp3) is 0.688. The van der Waals surface area contributed by atoms with E-state index in [0.717, 1.165) is 5.56 Å². The molecule has 9 nitrogen and oxygen atoms in total. The second-order valence-electron chi connectivity index (χ2n) is 6.10. The summed E-state index contributed by atoms with van der Waals surface area (Å²) in [6, 6.07) is 0. The molecule has 0 aliphatic carbocycles. The van der Waals surface area contributed by atoms with Gasteiger partial charge in [-0.15, -0.1) is 24.0 Å². The van der Waals surface area contributed by atoms with Crippen LogP contribution in [0.25, 0.3) is 0 Å². The van der Waals surface area contributed by atoms with Gasteiger partial charge in [-0.3, -0.25) is 9.48 Å². The molecule has 0 spiro atoms. The highest BCUT2D eigenvalue weighted by atomic mass is 127. The van der Waals surface area contributed by atoms with Crippen molar-refractivity contribution in [3.63, 3.8) is 0 Å². The SMILES string of the molecule is COCCNC(=NCC(=O)N(C)C)N1CCOC(c2cnn(C)c2)C1.I. The molecular formula is C16H29IN6O3. The Morgan fingerprint density at radius 1 is 1.54 bits per heavy atom. The number of amides is 1. The van der Waals surface area contributed by atoms with Crippen LogP contribution >= 0.6 is 24.0 Å². The van der Waals surface area contributed by atoms with Gasteiger partial charge in [-0.1, -0.05) is 0 Å². The van der Waals surface area contributed by atoms with Gasteiger partial charge in [0, 0.05) is 53.1 Å². The van der Waals surface area contributed by atoms with E-state index in [4.69, 9.17) is 9.47 Å². The molecule has 2 rings (SSSR count). The van der Waals surface area contributed by atoms with Crippen molar-refractivity contribution in [3.05, 3.63) is 18.0 Å². The third-order valence-corrected chi connectivity index (χ3v) is 3.91. The summed E-state index contributed by atoms with van der Waals surface area (Å²) in [5, 5.41) is 7.47. The van der Waals surface area contributed by atoms with Gasteiger partial charge < -0.3 is 24.6 Å². The lowest BCUT2D eigenvalue weighted by Gasteiger charge is -2.35. The van der Waals surface area contributed by atoms with Crippen LogP contribution in [0.3, 0.4) is 0 Å². The lowest BCUT2D eigenvalue weighted by Crippen LogP contribution is -2.49. The zero-order valence-corrected chi connectivity index (χ0v) is 18.2. The number of carbonyl (C=O) groups is 1. The number of nitrogens with zero attached hydrogens (tertiary/aromatic N) is 5. The number of aliphatic imine (C=N–C) groups is 1. The normalized spacial score (nSPS) is 17.6. The van der Waals surface area contributed by atoms with Crippen molar-refractivity contribution >= 4 is 35.8 Å². The van der Waals surface area contributed by atoms with Gasteiger partial charge in [0.25, 0.3) is 0 Å². The number of aryl methyl sites for hydroxylation is 1. The first-order chi connectivity index (χ1) is 12.0. The first-order valence-electron chi connectivity index (χ1n) is 8.33. The predicted octanol–water partition coefficient (Wildman–Crippen LogP) is 0.0916. The van der Waals surface area contributed by atoms with E-state index in [1.165, 1.54) is 4.90 Å². The van der Waals surface area contributed by atoms with E-state index in [0.29, 0.717) is 38.8 Å². The molecule has 2 heterocycles. The van der Waals surface area contributed by atoms with E-state index in [2.05, 4.69) is 20.3 Å². The summed E-state index contributed by atoms with van der Waals surface area (Å²) in [7, 11) is 6.99. The molecule has 0 bridgehead atoms. The molecule has 1 amide bonds. The summed E-state index contributed by atoms with van der Waals surface area (Å²) >= 11 is 0. The Morgan fingerprint density at radius 2 is 2.31 bits per heavy atom. The lowest BCUT2D eigenvalue weighted by molar-refractivity contribution is -0.127. The Balaban J connectivity index is 0.00000338. The summed E-state index contributed by atoms with van der Waals surface area (Å²) in [6.07, 6.45) is 3.71. The van der Waals surface area contributed by atoms with E-state index in [9.17, 15) is 4.79 Å². The number of ether oxygens (including phenoxy) is 2. The summed E-state index contributed by atoms with van der Waals surface area (Å²) in [5.74, 6) is 0.660. The molecule has 1 aromatic rings. The Hall–Kier alpha value is -1.40. The predicted molar refractivity (Wildman–Crippen MR) is 110 cm³/mol. The highest BCUT2D eigenvalue weighted by molar-refractivity contribution is 14.0. The van der Waals surface area contributed by atoms with Crippen LogP contribution in [0.15, 0.2) is 17.4 Å². The minimum Gasteiger partial charge on any atom is -0.383 e. The average molecular weight is 480 g/mol. The van der Waals surface area contributed by atoms with Gasteiger partial charge >= 0.3 is 0 Å². The van der Waals surface area contributed by atoms with Crippen molar-refractivity contribution in [2.75, 3.05) is 60.6 Å². The highest BCUT2D eigenvalue weighted by Gasteiger charge is 2.25. The van der Waals surface area contributed by atoms with Crippen molar-refractivity contribution in [1.29, 1.82) is 0 Å². The molecule has 1 unspecified atom stereocenters. The first-order valence-corrected chi connectivity index (χ1v) is 8.33. The van der Waals surface area contributed by atoms with Gasteiger partial charge in [0.05, 0.1) is 26.0 Å². The quantitative estimate of drug-likeness (QED) is 0.269. The second kappa shape index (κ2) is 11.3. The van der Waals surface area contributed by atoms with Gasteiger partial charge in [-0.2, -0.15) is 5.10 Å². The molecule has 148 valence electrons. The van der Waals surface area contributed by atoms with Crippen LogP contribution in [-0.4, -0.2) is 92.0 Å². The molecule has 1 aliphatic heterocycles. The van der Waals surface area contributed by atoms with Crippen molar-refractivity contribution in [2.45, 2.75) is 6.10 Å². The van der Waals surface area contributed by atoms with Crippen LogP contribution < -0.4 is 5.32 Å². The summed E-state index contributed by atoms with van der Waals surface area (Å²) in [5.41, 5.74) is 1.04. The third-order valence-electron chi connectivity index (χ3n) is 3.91. The standard InChI is InChI=1S/C16H28N6O3.HI/c1-20(2)15(23)10-18-16(17-5-7-24-4)22-6-8-25-14(12-22)13-9-19-21(3)11-13;/h9,11,14H,5-8,10,12H2,1-4H3,(H,17,18);1H. The van der Waals surface area contributed by atoms with Gasteiger partial charge in [0.1, 0.15) is 12.6 Å². The van der Waals surface area contributed by atoms with E-state index < -0.39 is 0 Å². The molecule has 1 fully saturated rings. The monoisotopic (exact) mass is 480 g/mol. The number of aromatic nitrogens is 2. The van der Waals surface area contributed by atoms with Crippen molar-refractivity contribution < 1.29 is 14.3 Å². The number of likely N-dealkylation sites (N-methyl/N-ethyl adjacent to an activating group) is 1. The highest BCUT2D eigenvalue weighted by Crippen LogP contribution is 2.21. The molecule has 0 saturated carbocycles. The summed E-state index contributed by atoms with van der Waals surface area (Å²) in [6.45, 7) is 3.26. The Bertz CT molecular complexity index is 592. The van der Waals surface area contributed by atoms with Gasteiger partial charge in [-0.05, 0) is 0 Å². The number of nitrogens with one attached hydrogen (secondary N) is 1. The van der Waals surface area contributed by atoms with Crippen molar-refractivity contribution in [3.8, 4) is 0 Å². The lowest BCUT2D eigenvalue weighted by atomic mass is 10.1. The summed E-state index contributed by atoms with van der Waals surface area (Å²) < 4.78 is 12.7. The molecule has 26 heavy (non-hydrogen) atoms. The largest absolute Gasteiger partial charge is 0.383 e. The van der Waals surface area contributed by atoms with Crippen molar-refractivity contribution in [2.24, 2.45) is 12.0 Å². The topological polar surface area (TPSA) is 84.2 Å².